The van der Waals surface area contributed by atoms with Crippen molar-refractivity contribution in [3.8, 4) is 0 Å². The van der Waals surface area contributed by atoms with Gasteiger partial charge in [-0.25, -0.2) is 4.98 Å². The van der Waals surface area contributed by atoms with Crippen LogP contribution in [0.4, 0.5) is 0 Å². The number of hydrogen-bond donors (Lipinski definition) is 1. The lowest BCUT2D eigenvalue weighted by Gasteiger charge is -2.13. The summed E-state index contributed by atoms with van der Waals surface area (Å²) in [5.74, 6) is 0. The lowest BCUT2D eigenvalue weighted by atomic mass is 10.1. The van der Waals surface area contributed by atoms with Crippen LogP contribution in [-0.4, -0.2) is 17.0 Å². The average molecular weight is 259 g/mol. The van der Waals surface area contributed by atoms with Gasteiger partial charge in [-0.05, 0) is 37.7 Å². The molecule has 2 aromatic rings. The van der Waals surface area contributed by atoms with Gasteiger partial charge in [0, 0.05) is 23.3 Å². The molecule has 0 radical (unpaired) electrons. The molecule has 0 saturated carbocycles. The number of aromatic nitrogens is 2. The Balaban J connectivity index is 2.08. The van der Waals surface area contributed by atoms with Crippen molar-refractivity contribution in [2.75, 3.05) is 7.05 Å². The standard InChI is InChI=1S/C14H17N3S/c1-3-12(15-2)13-8-7-11(10-17-13)18-14-6-4-5-9-16-14/h4-10,12,15H,3H2,1-2H3. The van der Waals surface area contributed by atoms with Gasteiger partial charge in [0.15, 0.2) is 0 Å². The predicted molar refractivity (Wildman–Crippen MR) is 74.7 cm³/mol. The molecule has 0 aliphatic carbocycles. The molecule has 1 N–H and O–H groups in total. The summed E-state index contributed by atoms with van der Waals surface area (Å²) in [7, 11) is 1.96. The van der Waals surface area contributed by atoms with E-state index in [0.29, 0.717) is 6.04 Å². The van der Waals surface area contributed by atoms with E-state index in [-0.39, 0.29) is 0 Å². The molecule has 0 fully saturated rings. The maximum atomic E-state index is 4.51. The Morgan fingerprint density at radius 1 is 1.22 bits per heavy atom. The topological polar surface area (TPSA) is 37.8 Å². The van der Waals surface area contributed by atoms with Crippen molar-refractivity contribution in [3.63, 3.8) is 0 Å². The van der Waals surface area contributed by atoms with E-state index in [1.807, 2.05) is 31.4 Å². The second kappa shape index (κ2) is 6.52. The van der Waals surface area contributed by atoms with Crippen molar-refractivity contribution in [2.24, 2.45) is 0 Å². The number of nitrogens with zero attached hydrogens (tertiary/aromatic N) is 2. The summed E-state index contributed by atoms with van der Waals surface area (Å²) in [6.07, 6.45) is 4.75. The smallest absolute Gasteiger partial charge is 0.101 e. The van der Waals surface area contributed by atoms with Gasteiger partial charge in [0.2, 0.25) is 0 Å². The highest BCUT2D eigenvalue weighted by Crippen LogP contribution is 2.25. The van der Waals surface area contributed by atoms with Crippen LogP contribution in [-0.2, 0) is 0 Å². The fraction of sp³-hybridized carbons (Fsp3) is 0.286. The van der Waals surface area contributed by atoms with E-state index in [4.69, 9.17) is 0 Å². The van der Waals surface area contributed by atoms with Gasteiger partial charge < -0.3 is 5.32 Å². The zero-order valence-electron chi connectivity index (χ0n) is 10.6. The van der Waals surface area contributed by atoms with Crippen LogP contribution in [0.3, 0.4) is 0 Å². The molecule has 1 atom stereocenters. The molecule has 2 rings (SSSR count). The van der Waals surface area contributed by atoms with Gasteiger partial charge >= 0.3 is 0 Å². The van der Waals surface area contributed by atoms with Gasteiger partial charge in [0.1, 0.15) is 5.03 Å². The van der Waals surface area contributed by atoms with Crippen molar-refractivity contribution < 1.29 is 0 Å². The van der Waals surface area contributed by atoms with Gasteiger partial charge in [-0.3, -0.25) is 4.98 Å². The second-order valence-electron chi connectivity index (χ2n) is 3.94. The van der Waals surface area contributed by atoms with Crippen LogP contribution in [0.5, 0.6) is 0 Å². The van der Waals surface area contributed by atoms with Gasteiger partial charge in [-0.15, -0.1) is 0 Å². The van der Waals surface area contributed by atoms with Crippen molar-refractivity contribution >= 4 is 11.8 Å². The van der Waals surface area contributed by atoms with Crippen LogP contribution in [0.1, 0.15) is 25.1 Å². The van der Waals surface area contributed by atoms with Gasteiger partial charge in [-0.1, -0.05) is 24.8 Å². The van der Waals surface area contributed by atoms with Crippen molar-refractivity contribution in [3.05, 3.63) is 48.4 Å². The van der Waals surface area contributed by atoms with Crippen molar-refractivity contribution in [1.29, 1.82) is 0 Å². The maximum absolute atomic E-state index is 4.51. The first-order valence-electron chi connectivity index (χ1n) is 6.05. The first-order chi connectivity index (χ1) is 8.83. The van der Waals surface area contributed by atoms with E-state index >= 15 is 0 Å². The molecule has 0 amide bonds. The molecular formula is C14H17N3S. The van der Waals surface area contributed by atoms with Gasteiger partial charge in [0.05, 0.1) is 5.69 Å². The Labute approximate surface area is 112 Å². The minimum Gasteiger partial charge on any atom is -0.312 e. The summed E-state index contributed by atoms with van der Waals surface area (Å²) in [6.45, 7) is 2.15. The molecule has 18 heavy (non-hydrogen) atoms. The molecule has 4 heteroatoms. The first-order valence-corrected chi connectivity index (χ1v) is 6.87. The molecule has 2 aromatic heterocycles. The highest BCUT2D eigenvalue weighted by atomic mass is 32.2. The number of hydrogen-bond acceptors (Lipinski definition) is 4. The zero-order valence-corrected chi connectivity index (χ0v) is 11.4. The van der Waals surface area contributed by atoms with Crippen LogP contribution in [0.15, 0.2) is 52.6 Å². The third-order valence-corrected chi connectivity index (χ3v) is 3.66. The highest BCUT2D eigenvalue weighted by Gasteiger charge is 2.07. The van der Waals surface area contributed by atoms with E-state index in [2.05, 4.69) is 34.3 Å². The van der Waals surface area contributed by atoms with Crippen molar-refractivity contribution in [2.45, 2.75) is 29.3 Å². The molecule has 94 valence electrons. The Morgan fingerprint density at radius 3 is 2.67 bits per heavy atom. The molecule has 0 aliphatic heterocycles. The first kappa shape index (κ1) is 13.1. The lowest BCUT2D eigenvalue weighted by molar-refractivity contribution is 0.561. The summed E-state index contributed by atoms with van der Waals surface area (Å²) in [4.78, 5) is 9.91. The molecule has 1 unspecified atom stereocenters. The van der Waals surface area contributed by atoms with Crippen LogP contribution >= 0.6 is 11.8 Å². The second-order valence-corrected chi connectivity index (χ2v) is 5.03. The Hall–Kier alpha value is -1.39. The fourth-order valence-electron chi connectivity index (χ4n) is 1.75. The Kier molecular flexibility index (Phi) is 4.73. The zero-order chi connectivity index (χ0) is 12.8. The summed E-state index contributed by atoms with van der Waals surface area (Å²) in [5.41, 5.74) is 1.09. The summed E-state index contributed by atoms with van der Waals surface area (Å²) < 4.78 is 0. The largest absolute Gasteiger partial charge is 0.312 e. The van der Waals surface area contributed by atoms with Crippen LogP contribution in [0, 0.1) is 0 Å². The van der Waals surface area contributed by atoms with Crippen LogP contribution < -0.4 is 5.32 Å². The quantitative estimate of drug-likeness (QED) is 0.894. The number of nitrogens with one attached hydrogen (secondary N) is 1. The van der Waals surface area contributed by atoms with Gasteiger partial charge in [-0.2, -0.15) is 0 Å². The molecule has 0 spiro atoms. The van der Waals surface area contributed by atoms with Gasteiger partial charge in [0.25, 0.3) is 0 Å². The predicted octanol–water partition coefficient (Wildman–Crippen LogP) is 3.30. The molecule has 2 heterocycles. The molecular weight excluding hydrogens is 242 g/mol. The summed E-state index contributed by atoms with van der Waals surface area (Å²) >= 11 is 1.63. The maximum Gasteiger partial charge on any atom is 0.101 e. The SMILES string of the molecule is CCC(NC)c1ccc(Sc2ccccn2)cn1. The number of rotatable bonds is 5. The third-order valence-electron chi connectivity index (χ3n) is 2.73. The van der Waals surface area contributed by atoms with E-state index in [0.717, 1.165) is 22.0 Å². The van der Waals surface area contributed by atoms with E-state index < -0.39 is 0 Å². The molecule has 0 bridgehead atoms. The molecule has 0 saturated heterocycles. The van der Waals surface area contributed by atoms with E-state index in [1.54, 1.807) is 18.0 Å². The Bertz CT molecular complexity index is 466. The molecule has 0 aliphatic rings. The average Bonchev–Trinajstić information content (AvgIpc) is 2.43. The monoisotopic (exact) mass is 259 g/mol. The van der Waals surface area contributed by atoms with Crippen molar-refractivity contribution in [1.82, 2.24) is 15.3 Å². The third kappa shape index (κ3) is 3.31. The summed E-state index contributed by atoms with van der Waals surface area (Å²) in [5, 5.41) is 4.25. The van der Waals surface area contributed by atoms with E-state index in [1.165, 1.54) is 0 Å². The molecule has 0 aromatic carbocycles. The number of pyridine rings is 2. The highest BCUT2D eigenvalue weighted by molar-refractivity contribution is 7.99. The van der Waals surface area contributed by atoms with Crippen LogP contribution in [0.2, 0.25) is 0 Å². The minimum absolute atomic E-state index is 0.332. The molecule has 3 nitrogen and oxygen atoms in total. The normalized spacial score (nSPS) is 12.3. The Morgan fingerprint density at radius 2 is 2.11 bits per heavy atom. The minimum atomic E-state index is 0.332. The summed E-state index contributed by atoms with van der Waals surface area (Å²) in [6, 6.07) is 10.4. The van der Waals surface area contributed by atoms with E-state index in [9.17, 15) is 0 Å². The van der Waals surface area contributed by atoms with Crippen LogP contribution in [0.25, 0.3) is 0 Å². The fourth-order valence-corrected chi connectivity index (χ4v) is 2.49. The lowest BCUT2D eigenvalue weighted by Crippen LogP contribution is -2.16.